The largest absolute Gasteiger partial charge is 0.419 e. The molecule has 2 aromatic heterocycles. The quantitative estimate of drug-likeness (QED) is 0.420. The Morgan fingerprint density at radius 1 is 1.12 bits per heavy atom. The lowest BCUT2D eigenvalue weighted by Crippen LogP contribution is -1.88. The Bertz CT molecular complexity index is 984. The highest BCUT2D eigenvalue weighted by Crippen LogP contribution is 2.39. The van der Waals surface area contributed by atoms with Gasteiger partial charge in [-0.1, -0.05) is 41.6 Å². The summed E-state index contributed by atoms with van der Waals surface area (Å²) in [4.78, 5) is 4.61. The third kappa shape index (κ3) is 3.17. The van der Waals surface area contributed by atoms with Crippen LogP contribution >= 0.6 is 34.7 Å². The van der Waals surface area contributed by atoms with Gasteiger partial charge < -0.3 is 4.42 Å². The van der Waals surface area contributed by atoms with Gasteiger partial charge >= 0.3 is 0 Å². The number of fused-ring (bicyclic) bond motifs is 1. The predicted molar refractivity (Wildman–Crippen MR) is 98.6 cm³/mol. The van der Waals surface area contributed by atoms with Gasteiger partial charge in [-0.05, 0) is 37.3 Å². The van der Waals surface area contributed by atoms with Gasteiger partial charge in [0.2, 0.25) is 11.8 Å². The lowest BCUT2D eigenvalue weighted by Gasteiger charge is -2.02. The molecule has 4 aromatic rings. The number of hydrogen-bond acceptors (Lipinski definition) is 6. The second kappa shape index (κ2) is 6.55. The fourth-order valence-electron chi connectivity index (χ4n) is 2.23. The van der Waals surface area contributed by atoms with Crippen molar-refractivity contribution < 1.29 is 4.42 Å². The van der Waals surface area contributed by atoms with Crippen molar-refractivity contribution in [1.82, 2.24) is 15.2 Å². The summed E-state index contributed by atoms with van der Waals surface area (Å²) in [6.45, 7) is 2.03. The van der Waals surface area contributed by atoms with E-state index in [-0.39, 0.29) is 5.25 Å². The van der Waals surface area contributed by atoms with Gasteiger partial charge in [-0.25, -0.2) is 4.98 Å². The maximum Gasteiger partial charge on any atom is 0.247 e. The molecular weight excluding hydrogens is 362 g/mol. The third-order valence-electron chi connectivity index (χ3n) is 3.42. The number of hydrogen-bond donors (Lipinski definition) is 0. The van der Waals surface area contributed by atoms with Gasteiger partial charge in [0.15, 0.2) is 4.34 Å². The number of nitrogens with zero attached hydrogens (tertiary/aromatic N) is 3. The zero-order valence-electron chi connectivity index (χ0n) is 12.6. The van der Waals surface area contributed by atoms with Crippen LogP contribution in [0.3, 0.4) is 0 Å². The van der Waals surface area contributed by atoms with Crippen LogP contribution in [0.25, 0.3) is 21.7 Å². The Labute approximate surface area is 151 Å². The summed E-state index contributed by atoms with van der Waals surface area (Å²) in [7, 11) is 0. The molecule has 0 aliphatic heterocycles. The first kappa shape index (κ1) is 15.6. The molecule has 4 rings (SSSR count). The molecule has 7 heteroatoms. The van der Waals surface area contributed by atoms with Crippen molar-refractivity contribution in [2.24, 2.45) is 0 Å². The molecule has 2 heterocycles. The van der Waals surface area contributed by atoms with Crippen LogP contribution in [0, 0.1) is 0 Å². The molecule has 120 valence electrons. The fourth-order valence-corrected chi connectivity index (χ4v) is 4.62. The van der Waals surface area contributed by atoms with E-state index in [9.17, 15) is 0 Å². The van der Waals surface area contributed by atoms with Crippen molar-refractivity contribution in [2.75, 3.05) is 0 Å². The highest BCUT2D eigenvalue weighted by molar-refractivity contribution is 8.01. The number of rotatable bonds is 4. The minimum Gasteiger partial charge on any atom is -0.419 e. The maximum atomic E-state index is 6.02. The summed E-state index contributed by atoms with van der Waals surface area (Å²) in [6.07, 6.45) is 0. The molecule has 1 atom stereocenters. The Hall–Kier alpha value is -1.89. The summed E-state index contributed by atoms with van der Waals surface area (Å²) < 4.78 is 7.88. The van der Waals surface area contributed by atoms with Crippen molar-refractivity contribution >= 4 is 44.9 Å². The summed E-state index contributed by atoms with van der Waals surface area (Å²) in [5.41, 5.74) is 1.83. The topological polar surface area (TPSA) is 51.8 Å². The molecule has 0 aliphatic rings. The van der Waals surface area contributed by atoms with Gasteiger partial charge in [0.25, 0.3) is 0 Å². The number of thioether (sulfide) groups is 1. The maximum absolute atomic E-state index is 6.02. The molecule has 4 nitrogen and oxygen atoms in total. The summed E-state index contributed by atoms with van der Waals surface area (Å²) >= 11 is 9.26. The lowest BCUT2D eigenvalue weighted by atomic mass is 10.2. The molecule has 24 heavy (non-hydrogen) atoms. The van der Waals surface area contributed by atoms with Crippen LogP contribution in [-0.4, -0.2) is 15.2 Å². The monoisotopic (exact) mass is 373 g/mol. The molecule has 0 aliphatic carbocycles. The van der Waals surface area contributed by atoms with E-state index >= 15 is 0 Å². The van der Waals surface area contributed by atoms with Gasteiger partial charge in [-0.2, -0.15) is 0 Å². The van der Waals surface area contributed by atoms with E-state index < -0.39 is 0 Å². The number of halogens is 1. The molecule has 0 fully saturated rings. The van der Waals surface area contributed by atoms with Crippen LogP contribution in [0.15, 0.2) is 57.3 Å². The molecule has 0 bridgehead atoms. The lowest BCUT2D eigenvalue weighted by molar-refractivity contribution is 0.509. The van der Waals surface area contributed by atoms with Crippen LogP contribution in [0.2, 0.25) is 5.02 Å². The Kier molecular flexibility index (Phi) is 4.26. The van der Waals surface area contributed by atoms with Gasteiger partial charge in [0, 0.05) is 10.6 Å². The third-order valence-corrected chi connectivity index (χ3v) is 5.87. The average molecular weight is 374 g/mol. The molecule has 0 saturated heterocycles. The fraction of sp³-hybridized carbons (Fsp3) is 0.118. The molecule has 0 spiro atoms. The van der Waals surface area contributed by atoms with E-state index in [1.165, 1.54) is 0 Å². The Morgan fingerprint density at radius 2 is 1.96 bits per heavy atom. The van der Waals surface area contributed by atoms with Crippen molar-refractivity contribution in [2.45, 2.75) is 16.5 Å². The van der Waals surface area contributed by atoms with E-state index in [1.807, 2.05) is 55.5 Å². The Balaban J connectivity index is 1.55. The standard InChI is InChI=1S/C17H12ClN3OS2/c1-10(15-20-21-16(22-15)11-5-3-2-4-6-11)23-17-19-13-9-12(18)7-8-14(13)24-17/h2-10H,1H3. The molecule has 0 amide bonds. The summed E-state index contributed by atoms with van der Waals surface area (Å²) in [5.74, 6) is 1.13. The predicted octanol–water partition coefficient (Wildman–Crippen LogP) is 5.85. The molecule has 0 N–H and O–H groups in total. The Morgan fingerprint density at radius 3 is 2.79 bits per heavy atom. The number of aromatic nitrogens is 3. The van der Waals surface area contributed by atoms with E-state index in [2.05, 4.69) is 15.2 Å². The van der Waals surface area contributed by atoms with Gasteiger partial charge in [-0.15, -0.1) is 21.5 Å². The molecular formula is C17H12ClN3OS2. The van der Waals surface area contributed by atoms with Gasteiger partial charge in [0.1, 0.15) is 0 Å². The smallest absolute Gasteiger partial charge is 0.247 e. The van der Waals surface area contributed by atoms with Crippen molar-refractivity contribution in [3.05, 3.63) is 59.4 Å². The van der Waals surface area contributed by atoms with E-state index in [0.717, 1.165) is 20.1 Å². The SMILES string of the molecule is CC(Sc1nc2cc(Cl)ccc2s1)c1nnc(-c2ccccc2)o1. The van der Waals surface area contributed by atoms with E-state index in [0.29, 0.717) is 16.8 Å². The second-order valence-corrected chi connectivity index (χ2v) is 8.22. The van der Waals surface area contributed by atoms with Crippen LogP contribution in [-0.2, 0) is 0 Å². The van der Waals surface area contributed by atoms with E-state index in [1.54, 1.807) is 23.1 Å². The molecule has 2 aromatic carbocycles. The average Bonchev–Trinajstić information content (AvgIpc) is 3.22. The normalized spacial score (nSPS) is 12.6. The first-order valence-corrected chi connectivity index (χ1v) is 9.38. The summed E-state index contributed by atoms with van der Waals surface area (Å²) in [5, 5.41) is 9.03. The van der Waals surface area contributed by atoms with Gasteiger partial charge in [0.05, 0.1) is 15.5 Å². The van der Waals surface area contributed by atoms with Crippen LogP contribution in [0.5, 0.6) is 0 Å². The van der Waals surface area contributed by atoms with Gasteiger partial charge in [-0.3, -0.25) is 0 Å². The highest BCUT2D eigenvalue weighted by atomic mass is 35.5. The zero-order valence-corrected chi connectivity index (χ0v) is 15.0. The number of benzene rings is 2. The van der Waals surface area contributed by atoms with Crippen LogP contribution in [0.4, 0.5) is 0 Å². The highest BCUT2D eigenvalue weighted by Gasteiger charge is 2.18. The van der Waals surface area contributed by atoms with E-state index in [4.69, 9.17) is 16.0 Å². The first-order valence-electron chi connectivity index (χ1n) is 7.30. The molecule has 0 radical (unpaired) electrons. The van der Waals surface area contributed by atoms with Crippen molar-refractivity contribution in [3.63, 3.8) is 0 Å². The number of thiazole rings is 1. The zero-order chi connectivity index (χ0) is 16.5. The minimum absolute atomic E-state index is 0.0194. The van der Waals surface area contributed by atoms with Crippen molar-refractivity contribution in [1.29, 1.82) is 0 Å². The van der Waals surface area contributed by atoms with Crippen LogP contribution < -0.4 is 0 Å². The first-order chi connectivity index (χ1) is 11.7. The minimum atomic E-state index is 0.0194. The summed E-state index contributed by atoms with van der Waals surface area (Å²) in [6, 6.07) is 15.5. The molecule has 1 unspecified atom stereocenters. The molecule has 0 saturated carbocycles. The second-order valence-electron chi connectivity index (χ2n) is 5.16. The van der Waals surface area contributed by atoms with Crippen LogP contribution in [0.1, 0.15) is 18.1 Å². The van der Waals surface area contributed by atoms with Crippen molar-refractivity contribution in [3.8, 4) is 11.5 Å².